The Kier molecular flexibility index (Phi) is 3.00. The highest BCUT2D eigenvalue weighted by atomic mass is 32.2. The van der Waals surface area contributed by atoms with Gasteiger partial charge in [-0.05, 0) is 32.4 Å². The van der Waals surface area contributed by atoms with Gasteiger partial charge in [0.25, 0.3) is 0 Å². The quantitative estimate of drug-likeness (QED) is 0.684. The summed E-state index contributed by atoms with van der Waals surface area (Å²) in [5.74, 6) is 0.291. The summed E-state index contributed by atoms with van der Waals surface area (Å²) in [6, 6.07) is 0.787. The number of nitrogens with zero attached hydrogens (tertiary/aromatic N) is 2. The van der Waals surface area contributed by atoms with Crippen LogP contribution in [0.25, 0.3) is 0 Å². The lowest BCUT2D eigenvalue weighted by Crippen LogP contribution is -2.42. The maximum absolute atomic E-state index is 11.5. The minimum absolute atomic E-state index is 0.126. The predicted molar refractivity (Wildman–Crippen MR) is 67.5 cm³/mol. The fourth-order valence-corrected chi connectivity index (χ4v) is 4.65. The van der Waals surface area contributed by atoms with Crippen LogP contribution in [-0.2, 0) is 9.84 Å². The van der Waals surface area contributed by atoms with Crippen molar-refractivity contribution in [1.82, 2.24) is 9.80 Å². The molecule has 0 aliphatic carbocycles. The van der Waals surface area contributed by atoms with Crippen LogP contribution in [-0.4, -0.2) is 62.2 Å². The van der Waals surface area contributed by atoms with E-state index in [0.29, 0.717) is 11.8 Å². The first kappa shape index (κ1) is 11.7. The Bertz CT molecular complexity index is 418. The van der Waals surface area contributed by atoms with Crippen LogP contribution >= 0.6 is 0 Å². The highest BCUT2D eigenvalue weighted by Crippen LogP contribution is 2.24. The fourth-order valence-electron chi connectivity index (χ4n) is 3.32. The van der Waals surface area contributed by atoms with E-state index in [-0.39, 0.29) is 6.04 Å². The Morgan fingerprint density at radius 3 is 2.59 bits per heavy atom. The van der Waals surface area contributed by atoms with Crippen LogP contribution in [0.3, 0.4) is 0 Å². The summed E-state index contributed by atoms with van der Waals surface area (Å²) in [6.45, 7) is 4.50. The molecule has 2 atom stereocenters. The van der Waals surface area contributed by atoms with Gasteiger partial charge in [-0.2, -0.15) is 0 Å². The Morgan fingerprint density at radius 1 is 1.06 bits per heavy atom. The first-order chi connectivity index (χ1) is 8.14. The van der Waals surface area contributed by atoms with Gasteiger partial charge in [-0.1, -0.05) is 6.08 Å². The van der Waals surface area contributed by atoms with Crippen LogP contribution in [0.2, 0.25) is 0 Å². The second-order valence-corrected chi connectivity index (χ2v) is 7.34. The van der Waals surface area contributed by atoms with Gasteiger partial charge in [0, 0.05) is 30.6 Å². The Hall–Kier alpha value is -0.390. The molecule has 0 amide bonds. The zero-order valence-corrected chi connectivity index (χ0v) is 10.9. The number of hydrogen-bond acceptors (Lipinski definition) is 4. The van der Waals surface area contributed by atoms with Crippen LogP contribution < -0.4 is 0 Å². The molecule has 4 nitrogen and oxygen atoms in total. The van der Waals surface area contributed by atoms with Crippen molar-refractivity contribution in [3.63, 3.8) is 0 Å². The smallest absolute Gasteiger partial charge is 0.173 e. The molecule has 17 heavy (non-hydrogen) atoms. The monoisotopic (exact) mass is 256 g/mol. The number of rotatable bonds is 1. The van der Waals surface area contributed by atoms with Gasteiger partial charge < -0.3 is 0 Å². The van der Waals surface area contributed by atoms with Crippen LogP contribution in [0.4, 0.5) is 0 Å². The summed E-state index contributed by atoms with van der Waals surface area (Å²) in [7, 11) is -2.91. The van der Waals surface area contributed by atoms with Gasteiger partial charge in [-0.25, -0.2) is 8.42 Å². The van der Waals surface area contributed by atoms with Crippen LogP contribution in [0.1, 0.15) is 19.3 Å². The molecule has 3 aliphatic rings. The number of fused-ring (bicyclic) bond motifs is 1. The lowest BCUT2D eigenvalue weighted by molar-refractivity contribution is 0.204. The van der Waals surface area contributed by atoms with E-state index in [2.05, 4.69) is 9.80 Å². The molecule has 0 N–H and O–H groups in total. The molecule has 0 aromatic heterocycles. The molecule has 0 spiro atoms. The third kappa shape index (κ3) is 2.41. The largest absolute Gasteiger partial charge is 0.299 e. The second kappa shape index (κ2) is 4.37. The molecular weight excluding hydrogens is 236 g/mol. The Balaban J connectivity index is 1.70. The van der Waals surface area contributed by atoms with E-state index in [4.69, 9.17) is 0 Å². The average Bonchev–Trinajstić information content (AvgIpc) is 2.80. The molecule has 0 aromatic rings. The molecule has 2 fully saturated rings. The standard InChI is InChI=1S/C12H20N2O2S/c15-17(16)8-4-12(10-17)14-7-2-6-13-5-1-3-11(13)9-14/h4,8,11-12H,1-3,5-7,9-10H2. The third-order valence-electron chi connectivity index (χ3n) is 4.22. The highest BCUT2D eigenvalue weighted by molar-refractivity contribution is 7.94. The summed E-state index contributed by atoms with van der Waals surface area (Å²) in [6.07, 6.45) is 5.62. The first-order valence-electron chi connectivity index (χ1n) is 6.53. The van der Waals surface area contributed by atoms with Crippen molar-refractivity contribution in [1.29, 1.82) is 0 Å². The zero-order valence-electron chi connectivity index (χ0n) is 10.1. The van der Waals surface area contributed by atoms with Gasteiger partial charge in [0.05, 0.1) is 5.75 Å². The maximum Gasteiger partial charge on any atom is 0.173 e. The Labute approximate surface area is 103 Å². The third-order valence-corrected chi connectivity index (χ3v) is 5.59. The SMILES string of the molecule is O=S1(=O)C=CC(N2CCCN3CCCC3C2)C1. The number of sulfone groups is 1. The summed E-state index contributed by atoms with van der Waals surface area (Å²) < 4.78 is 22.9. The van der Waals surface area contributed by atoms with Gasteiger partial charge in [-0.3, -0.25) is 9.80 Å². The molecule has 3 heterocycles. The number of hydrogen-bond donors (Lipinski definition) is 0. The molecule has 96 valence electrons. The maximum atomic E-state index is 11.5. The van der Waals surface area contributed by atoms with E-state index in [1.807, 2.05) is 6.08 Å². The van der Waals surface area contributed by atoms with Gasteiger partial charge in [0.2, 0.25) is 0 Å². The molecule has 2 unspecified atom stereocenters. The second-order valence-electron chi connectivity index (χ2n) is 5.41. The van der Waals surface area contributed by atoms with E-state index >= 15 is 0 Å². The van der Waals surface area contributed by atoms with Crippen molar-refractivity contribution in [2.75, 3.05) is 31.9 Å². The summed E-state index contributed by atoms with van der Waals surface area (Å²) >= 11 is 0. The van der Waals surface area contributed by atoms with E-state index in [1.54, 1.807) is 0 Å². The van der Waals surface area contributed by atoms with Crippen LogP contribution in [0.15, 0.2) is 11.5 Å². The summed E-state index contributed by atoms with van der Waals surface area (Å²) in [4.78, 5) is 4.95. The van der Waals surface area contributed by atoms with E-state index in [0.717, 1.165) is 13.1 Å². The predicted octanol–water partition coefficient (Wildman–Crippen LogP) is 0.467. The van der Waals surface area contributed by atoms with Gasteiger partial charge in [0.1, 0.15) is 0 Å². The van der Waals surface area contributed by atoms with Crippen molar-refractivity contribution in [3.05, 3.63) is 11.5 Å². The fraction of sp³-hybridized carbons (Fsp3) is 0.833. The van der Waals surface area contributed by atoms with Gasteiger partial charge in [-0.15, -0.1) is 0 Å². The molecule has 3 rings (SSSR count). The van der Waals surface area contributed by atoms with Crippen molar-refractivity contribution in [2.45, 2.75) is 31.3 Å². The molecule has 2 saturated heterocycles. The average molecular weight is 256 g/mol. The minimum atomic E-state index is -2.91. The summed E-state index contributed by atoms with van der Waals surface area (Å²) in [5.41, 5.74) is 0. The molecular formula is C12H20N2O2S. The normalized spacial score (nSPS) is 38.1. The lowest BCUT2D eigenvalue weighted by atomic mass is 10.2. The van der Waals surface area contributed by atoms with Gasteiger partial charge >= 0.3 is 0 Å². The van der Waals surface area contributed by atoms with Gasteiger partial charge in [0.15, 0.2) is 9.84 Å². The molecule has 0 saturated carbocycles. The molecule has 3 aliphatic heterocycles. The molecule has 0 bridgehead atoms. The van der Waals surface area contributed by atoms with Crippen molar-refractivity contribution in [3.8, 4) is 0 Å². The molecule has 0 aromatic carbocycles. The van der Waals surface area contributed by atoms with E-state index in [9.17, 15) is 8.42 Å². The van der Waals surface area contributed by atoms with Crippen LogP contribution in [0.5, 0.6) is 0 Å². The Morgan fingerprint density at radius 2 is 1.82 bits per heavy atom. The minimum Gasteiger partial charge on any atom is -0.299 e. The van der Waals surface area contributed by atoms with Crippen molar-refractivity contribution >= 4 is 9.84 Å². The first-order valence-corrected chi connectivity index (χ1v) is 8.25. The van der Waals surface area contributed by atoms with Crippen molar-refractivity contribution < 1.29 is 8.42 Å². The van der Waals surface area contributed by atoms with Crippen molar-refractivity contribution in [2.24, 2.45) is 0 Å². The van der Waals surface area contributed by atoms with E-state index in [1.165, 1.54) is 37.8 Å². The van der Waals surface area contributed by atoms with E-state index < -0.39 is 9.84 Å². The molecule has 0 radical (unpaired) electrons. The highest BCUT2D eigenvalue weighted by Gasteiger charge is 2.33. The summed E-state index contributed by atoms with van der Waals surface area (Å²) in [5, 5.41) is 1.40. The zero-order chi connectivity index (χ0) is 11.9. The lowest BCUT2D eigenvalue weighted by Gasteiger charge is -2.28. The van der Waals surface area contributed by atoms with Crippen LogP contribution in [0, 0.1) is 0 Å². The topological polar surface area (TPSA) is 40.6 Å². The molecule has 5 heteroatoms.